The molecule has 0 aliphatic rings. The molecule has 3 rings (SSSR count). The Balaban J connectivity index is 2.26. The summed E-state index contributed by atoms with van der Waals surface area (Å²) in [5, 5.41) is 8.36. The summed E-state index contributed by atoms with van der Waals surface area (Å²) >= 11 is 0. The van der Waals surface area contributed by atoms with Gasteiger partial charge in [0.15, 0.2) is 11.5 Å². The number of aryl methyl sites for hydroxylation is 1. The fourth-order valence-corrected chi connectivity index (χ4v) is 3.15. The van der Waals surface area contributed by atoms with Crippen LogP contribution in [-0.2, 0) is 5.60 Å². The number of hydrogen-bond donors (Lipinski definition) is 3. The summed E-state index contributed by atoms with van der Waals surface area (Å²) in [6.07, 6.45) is 2.72. The van der Waals surface area contributed by atoms with Gasteiger partial charge in [0, 0.05) is 11.8 Å². The zero-order valence-electron chi connectivity index (χ0n) is 17.5. The molecule has 12 heteroatoms. The number of hydrogen-bond acceptors (Lipinski definition) is 6. The SMILES string of the molecule is [B]C([B])([B])N=C(C=CN)c1cn2c(-c3cc(C(C)(O)C(F)F)ccc3C)cnc2c(N)n1. The van der Waals surface area contributed by atoms with Crippen LogP contribution in [0.4, 0.5) is 14.6 Å². The van der Waals surface area contributed by atoms with Crippen LogP contribution in [0.25, 0.3) is 16.9 Å². The van der Waals surface area contributed by atoms with Gasteiger partial charge in [-0.2, -0.15) is 0 Å². The lowest BCUT2D eigenvalue weighted by atomic mass is 9.50. The van der Waals surface area contributed by atoms with Gasteiger partial charge in [-0.15, -0.1) is 0 Å². The van der Waals surface area contributed by atoms with Crippen molar-refractivity contribution in [3.05, 3.63) is 59.7 Å². The predicted octanol–water partition coefficient (Wildman–Crippen LogP) is 1.14. The summed E-state index contributed by atoms with van der Waals surface area (Å²) in [7, 11) is 16.8. The molecule has 0 bridgehead atoms. The molecule has 5 N–H and O–H groups in total. The van der Waals surface area contributed by atoms with Gasteiger partial charge in [0.05, 0.1) is 41.1 Å². The molecule has 0 spiro atoms. The van der Waals surface area contributed by atoms with E-state index in [9.17, 15) is 13.9 Å². The van der Waals surface area contributed by atoms with Crippen LogP contribution in [0.15, 0.2) is 47.9 Å². The van der Waals surface area contributed by atoms with Gasteiger partial charge in [-0.3, -0.25) is 4.40 Å². The molecule has 2 heterocycles. The van der Waals surface area contributed by atoms with Gasteiger partial charge in [-0.05, 0) is 48.6 Å². The second kappa shape index (κ2) is 8.42. The highest BCUT2D eigenvalue weighted by molar-refractivity contribution is 6.59. The molecule has 1 atom stereocenters. The van der Waals surface area contributed by atoms with E-state index in [1.165, 1.54) is 30.6 Å². The minimum absolute atomic E-state index is 0.0535. The molecule has 2 aromatic heterocycles. The van der Waals surface area contributed by atoms with E-state index in [0.717, 1.165) is 12.5 Å². The maximum Gasteiger partial charge on any atom is 0.270 e. The van der Waals surface area contributed by atoms with Gasteiger partial charge in [0.1, 0.15) is 11.3 Å². The molecule has 0 amide bonds. The first-order chi connectivity index (χ1) is 14.8. The second-order valence-corrected chi connectivity index (χ2v) is 7.57. The van der Waals surface area contributed by atoms with Gasteiger partial charge in [0.2, 0.25) is 0 Å². The number of aliphatic imine (C=N–C) groups is 1. The molecule has 0 aliphatic carbocycles. The summed E-state index contributed by atoms with van der Waals surface area (Å²) in [4.78, 5) is 12.6. The number of imidazole rings is 1. The van der Waals surface area contributed by atoms with Crippen molar-refractivity contribution in [3.8, 4) is 11.3 Å². The number of nitrogen functional groups attached to an aromatic ring is 1. The molecular formula is C20H19B3F2N6O. The quantitative estimate of drug-likeness (QED) is 0.401. The maximum atomic E-state index is 13.4. The first-order valence-electron chi connectivity index (χ1n) is 9.46. The summed E-state index contributed by atoms with van der Waals surface area (Å²) in [6, 6.07) is 4.58. The van der Waals surface area contributed by atoms with Crippen molar-refractivity contribution in [1.82, 2.24) is 14.4 Å². The third kappa shape index (κ3) is 4.55. The average molecular weight is 430 g/mol. The van der Waals surface area contributed by atoms with Crippen molar-refractivity contribution in [2.24, 2.45) is 10.7 Å². The average Bonchev–Trinajstić information content (AvgIpc) is 3.11. The highest BCUT2D eigenvalue weighted by Gasteiger charge is 2.34. The number of nitrogens with two attached hydrogens (primary N) is 2. The number of alkyl halides is 2. The fraction of sp³-hybridized carbons (Fsp3) is 0.250. The zero-order chi connectivity index (χ0) is 23.8. The molecule has 1 unspecified atom stereocenters. The Morgan fingerprint density at radius 3 is 2.59 bits per heavy atom. The number of fused-ring (bicyclic) bond motifs is 1. The van der Waals surface area contributed by atoms with Crippen molar-refractivity contribution >= 4 is 40.7 Å². The minimum atomic E-state index is -2.97. The highest BCUT2D eigenvalue weighted by Crippen LogP contribution is 2.33. The topological polar surface area (TPSA) is 115 Å². The van der Waals surface area contributed by atoms with Crippen LogP contribution in [-0.4, -0.2) is 60.4 Å². The number of allylic oxidation sites excluding steroid dienone is 1. The third-order valence-electron chi connectivity index (χ3n) is 4.87. The Morgan fingerprint density at radius 1 is 1.31 bits per heavy atom. The normalized spacial score (nSPS) is 15.0. The number of anilines is 1. The van der Waals surface area contributed by atoms with E-state index in [1.54, 1.807) is 23.6 Å². The Kier molecular flexibility index (Phi) is 6.19. The van der Waals surface area contributed by atoms with Crippen molar-refractivity contribution in [2.75, 3.05) is 5.73 Å². The summed E-state index contributed by atoms with van der Waals surface area (Å²) in [5.41, 5.74) is 11.9. The Morgan fingerprint density at radius 2 is 2.00 bits per heavy atom. The smallest absolute Gasteiger partial charge is 0.270 e. The van der Waals surface area contributed by atoms with Crippen molar-refractivity contribution in [2.45, 2.75) is 31.1 Å². The van der Waals surface area contributed by atoms with Crippen LogP contribution >= 0.6 is 0 Å². The Bertz CT molecular complexity index is 1220. The van der Waals surface area contributed by atoms with Gasteiger partial charge in [-0.1, -0.05) is 12.1 Å². The highest BCUT2D eigenvalue weighted by atomic mass is 19.3. The van der Waals surface area contributed by atoms with Crippen LogP contribution in [0.1, 0.15) is 23.7 Å². The standard InChI is InChI=1S/C20H19B3F2N6O/c1-10-3-4-11(19(2,32)18(24)25)7-12(10)15-8-28-17-16(27)29-14(9-31(15)17)13(5-6-26)30-20(21,22)23/h3-9,18,32H,26H2,1-2H3,(H2,27,29). The largest absolute Gasteiger partial charge is 0.405 e. The summed E-state index contributed by atoms with van der Waals surface area (Å²) in [6.45, 7) is 2.86. The van der Waals surface area contributed by atoms with Gasteiger partial charge in [0.25, 0.3) is 6.43 Å². The van der Waals surface area contributed by atoms with E-state index >= 15 is 0 Å². The lowest BCUT2D eigenvalue weighted by Crippen LogP contribution is -2.30. The van der Waals surface area contributed by atoms with E-state index in [1.807, 2.05) is 0 Å². The number of aliphatic hydroxyl groups is 1. The zero-order valence-corrected chi connectivity index (χ0v) is 17.5. The third-order valence-corrected chi connectivity index (χ3v) is 4.87. The summed E-state index contributed by atoms with van der Waals surface area (Å²) in [5.74, 6) is 0.0666. The number of benzene rings is 1. The van der Waals surface area contributed by atoms with Gasteiger partial charge >= 0.3 is 0 Å². The molecule has 0 saturated heterocycles. The maximum absolute atomic E-state index is 13.4. The first kappa shape index (κ1) is 23.5. The van der Waals surface area contributed by atoms with Crippen LogP contribution in [0.3, 0.4) is 0 Å². The number of rotatable bonds is 6. The van der Waals surface area contributed by atoms with E-state index in [-0.39, 0.29) is 22.8 Å². The van der Waals surface area contributed by atoms with E-state index in [2.05, 4.69) is 15.0 Å². The first-order valence-corrected chi connectivity index (χ1v) is 9.46. The van der Waals surface area contributed by atoms with Gasteiger partial charge in [-0.25, -0.2) is 18.7 Å². The van der Waals surface area contributed by atoms with E-state index in [0.29, 0.717) is 16.9 Å². The van der Waals surface area contributed by atoms with Crippen molar-refractivity contribution < 1.29 is 13.9 Å². The number of nitrogens with zero attached hydrogens (tertiary/aromatic N) is 4. The van der Waals surface area contributed by atoms with Crippen LogP contribution in [0.5, 0.6) is 0 Å². The molecule has 6 radical (unpaired) electrons. The van der Waals surface area contributed by atoms with E-state index in [4.69, 9.17) is 35.0 Å². The Hall–Kier alpha value is -3.14. The monoisotopic (exact) mass is 430 g/mol. The van der Waals surface area contributed by atoms with Crippen molar-refractivity contribution in [3.63, 3.8) is 0 Å². The van der Waals surface area contributed by atoms with Crippen molar-refractivity contribution in [1.29, 1.82) is 0 Å². The van der Waals surface area contributed by atoms with E-state index < -0.39 is 17.3 Å². The minimum Gasteiger partial charge on any atom is -0.405 e. The number of aromatic nitrogens is 3. The molecule has 158 valence electrons. The molecule has 3 aromatic rings. The summed E-state index contributed by atoms with van der Waals surface area (Å²) < 4.78 is 28.4. The molecule has 7 nitrogen and oxygen atoms in total. The van der Waals surface area contributed by atoms with Crippen LogP contribution in [0, 0.1) is 6.92 Å². The molecular weight excluding hydrogens is 411 g/mol. The second-order valence-electron chi connectivity index (χ2n) is 7.57. The van der Waals surface area contributed by atoms with Crippen LogP contribution < -0.4 is 11.5 Å². The van der Waals surface area contributed by atoms with Gasteiger partial charge < -0.3 is 21.6 Å². The lowest BCUT2D eigenvalue weighted by molar-refractivity contribution is -0.0883. The predicted molar refractivity (Wildman–Crippen MR) is 123 cm³/mol. The lowest BCUT2D eigenvalue weighted by Gasteiger charge is -2.24. The molecule has 1 aromatic carbocycles. The Labute approximate surface area is 187 Å². The number of halogens is 2. The molecule has 0 saturated carbocycles. The molecule has 0 fully saturated rings. The molecule has 32 heavy (non-hydrogen) atoms. The fourth-order valence-electron chi connectivity index (χ4n) is 3.15. The van der Waals surface area contributed by atoms with Crippen LogP contribution in [0.2, 0.25) is 0 Å². The molecule has 0 aliphatic heterocycles.